The fraction of sp³-hybridized carbons (Fsp3) is 0.200. The minimum Gasteiger partial charge on any atom is -0.411 e. The lowest BCUT2D eigenvalue weighted by atomic mass is 10.1. The zero-order valence-corrected chi connectivity index (χ0v) is 16.4. The molecule has 0 radical (unpaired) electrons. The first-order valence-corrected chi connectivity index (χ1v) is 9.76. The number of para-hydroxylation sites is 1. The molecule has 0 aliphatic carbocycles. The maximum atomic E-state index is 12.2. The van der Waals surface area contributed by atoms with E-state index in [1.165, 1.54) is 18.7 Å². The van der Waals surface area contributed by atoms with E-state index >= 15 is 0 Å². The van der Waals surface area contributed by atoms with E-state index in [0.29, 0.717) is 22.4 Å². The van der Waals surface area contributed by atoms with Crippen molar-refractivity contribution in [2.45, 2.75) is 25.5 Å². The third-order valence-electron chi connectivity index (χ3n) is 3.84. The molecule has 0 aliphatic heterocycles. The summed E-state index contributed by atoms with van der Waals surface area (Å²) in [5.74, 6) is 0.186. The van der Waals surface area contributed by atoms with Crippen LogP contribution in [0.4, 0.5) is 11.4 Å². The van der Waals surface area contributed by atoms with E-state index in [4.69, 9.17) is 4.42 Å². The van der Waals surface area contributed by atoms with Gasteiger partial charge in [0.1, 0.15) is 0 Å². The molecule has 0 saturated carbocycles. The predicted octanol–water partition coefficient (Wildman–Crippen LogP) is 3.99. The van der Waals surface area contributed by atoms with Crippen LogP contribution in [0.3, 0.4) is 0 Å². The molecule has 1 heterocycles. The summed E-state index contributed by atoms with van der Waals surface area (Å²) >= 11 is 1.17. The SMILES string of the molecule is CCc1ccccc1NC(=O)CSc1nnc(-c2cccc(NC(C)=O)c2)o1. The second kappa shape index (κ2) is 9.18. The normalized spacial score (nSPS) is 10.5. The topological polar surface area (TPSA) is 97.1 Å². The van der Waals surface area contributed by atoms with E-state index in [2.05, 4.69) is 20.8 Å². The van der Waals surface area contributed by atoms with Gasteiger partial charge in [-0.3, -0.25) is 9.59 Å². The smallest absolute Gasteiger partial charge is 0.277 e. The fourth-order valence-corrected chi connectivity index (χ4v) is 3.15. The molecule has 0 bridgehead atoms. The van der Waals surface area contributed by atoms with Crippen molar-refractivity contribution in [2.75, 3.05) is 16.4 Å². The van der Waals surface area contributed by atoms with Gasteiger partial charge in [0.25, 0.3) is 5.22 Å². The largest absolute Gasteiger partial charge is 0.411 e. The number of benzene rings is 2. The van der Waals surface area contributed by atoms with E-state index in [-0.39, 0.29) is 17.6 Å². The number of thioether (sulfide) groups is 1. The van der Waals surface area contributed by atoms with E-state index < -0.39 is 0 Å². The van der Waals surface area contributed by atoms with Gasteiger partial charge in [-0.2, -0.15) is 0 Å². The molecule has 0 fully saturated rings. The molecule has 3 rings (SSSR count). The molecule has 2 aromatic carbocycles. The van der Waals surface area contributed by atoms with Gasteiger partial charge in [-0.25, -0.2) is 0 Å². The number of nitrogens with one attached hydrogen (secondary N) is 2. The van der Waals surface area contributed by atoms with Gasteiger partial charge in [-0.15, -0.1) is 10.2 Å². The first-order chi connectivity index (χ1) is 13.5. The average Bonchev–Trinajstić information content (AvgIpc) is 3.16. The lowest BCUT2D eigenvalue weighted by molar-refractivity contribution is -0.114. The van der Waals surface area contributed by atoms with E-state index in [1.54, 1.807) is 18.2 Å². The zero-order chi connectivity index (χ0) is 19.9. The van der Waals surface area contributed by atoms with Crippen molar-refractivity contribution in [2.24, 2.45) is 0 Å². The second-order valence-corrected chi connectivity index (χ2v) is 6.91. The second-order valence-electron chi connectivity index (χ2n) is 5.98. The Bertz CT molecular complexity index is 987. The van der Waals surface area contributed by atoms with Crippen molar-refractivity contribution < 1.29 is 14.0 Å². The predicted molar refractivity (Wildman–Crippen MR) is 109 cm³/mol. The van der Waals surface area contributed by atoms with Crippen molar-refractivity contribution in [1.82, 2.24) is 10.2 Å². The Labute approximate surface area is 166 Å². The Hall–Kier alpha value is -3.13. The molecule has 8 heteroatoms. The first-order valence-electron chi connectivity index (χ1n) is 8.77. The van der Waals surface area contributed by atoms with Gasteiger partial charge in [0.05, 0.1) is 5.75 Å². The highest BCUT2D eigenvalue weighted by Gasteiger charge is 2.12. The molecule has 1 aromatic heterocycles. The van der Waals surface area contributed by atoms with Crippen LogP contribution in [0, 0.1) is 0 Å². The summed E-state index contributed by atoms with van der Waals surface area (Å²) in [5.41, 5.74) is 3.23. The fourth-order valence-electron chi connectivity index (χ4n) is 2.58. The number of carbonyl (C=O) groups is 2. The third-order valence-corrected chi connectivity index (χ3v) is 4.65. The van der Waals surface area contributed by atoms with Crippen molar-refractivity contribution in [3.8, 4) is 11.5 Å². The zero-order valence-electron chi connectivity index (χ0n) is 15.6. The number of aryl methyl sites for hydroxylation is 1. The Morgan fingerprint density at radius 2 is 1.89 bits per heavy atom. The molecular weight excluding hydrogens is 376 g/mol. The van der Waals surface area contributed by atoms with Gasteiger partial charge in [0.15, 0.2) is 0 Å². The van der Waals surface area contributed by atoms with Gasteiger partial charge < -0.3 is 15.1 Å². The van der Waals surface area contributed by atoms with Crippen LogP contribution in [0.2, 0.25) is 0 Å². The molecule has 28 heavy (non-hydrogen) atoms. The molecule has 3 aromatic rings. The number of rotatable bonds is 7. The van der Waals surface area contributed by atoms with E-state index in [1.807, 2.05) is 37.3 Å². The minimum absolute atomic E-state index is 0.140. The summed E-state index contributed by atoms with van der Waals surface area (Å²) in [6.45, 7) is 3.48. The minimum atomic E-state index is -0.158. The summed E-state index contributed by atoms with van der Waals surface area (Å²) in [4.78, 5) is 23.4. The van der Waals surface area contributed by atoms with Crippen LogP contribution in [0.1, 0.15) is 19.4 Å². The molecule has 0 unspecified atom stereocenters. The third kappa shape index (κ3) is 5.20. The summed E-state index contributed by atoms with van der Waals surface area (Å²) in [7, 11) is 0. The molecular formula is C20H20N4O3S. The maximum absolute atomic E-state index is 12.2. The number of nitrogens with zero attached hydrogens (tertiary/aromatic N) is 2. The quantitative estimate of drug-likeness (QED) is 0.586. The van der Waals surface area contributed by atoms with Crippen LogP contribution in [0.15, 0.2) is 58.2 Å². The Kier molecular flexibility index (Phi) is 6.44. The van der Waals surface area contributed by atoms with Crippen molar-refractivity contribution >= 4 is 35.0 Å². The number of aromatic nitrogens is 2. The van der Waals surface area contributed by atoms with Gasteiger partial charge in [-0.1, -0.05) is 43.0 Å². The van der Waals surface area contributed by atoms with Gasteiger partial charge in [0, 0.05) is 23.9 Å². The maximum Gasteiger partial charge on any atom is 0.277 e. The van der Waals surface area contributed by atoms with Crippen LogP contribution in [0.25, 0.3) is 11.5 Å². The highest BCUT2D eigenvalue weighted by molar-refractivity contribution is 7.99. The van der Waals surface area contributed by atoms with Crippen LogP contribution < -0.4 is 10.6 Å². The molecule has 0 spiro atoms. The molecule has 0 aliphatic rings. The Balaban J connectivity index is 1.60. The molecule has 0 saturated heterocycles. The highest BCUT2D eigenvalue weighted by atomic mass is 32.2. The average molecular weight is 396 g/mol. The van der Waals surface area contributed by atoms with Crippen LogP contribution >= 0.6 is 11.8 Å². The molecule has 2 N–H and O–H groups in total. The van der Waals surface area contributed by atoms with E-state index in [0.717, 1.165) is 17.7 Å². The number of anilines is 2. The first kappa shape index (κ1) is 19.6. The number of carbonyl (C=O) groups excluding carboxylic acids is 2. The summed E-state index contributed by atoms with van der Waals surface area (Å²) in [6.07, 6.45) is 0.841. The lowest BCUT2D eigenvalue weighted by Crippen LogP contribution is -2.15. The van der Waals surface area contributed by atoms with E-state index in [9.17, 15) is 9.59 Å². The van der Waals surface area contributed by atoms with Crippen molar-refractivity contribution in [3.05, 3.63) is 54.1 Å². The molecule has 0 atom stereocenters. The lowest BCUT2D eigenvalue weighted by Gasteiger charge is -2.08. The van der Waals surface area contributed by atoms with Crippen LogP contribution in [0.5, 0.6) is 0 Å². The summed E-state index contributed by atoms with van der Waals surface area (Å²) < 4.78 is 5.62. The van der Waals surface area contributed by atoms with Gasteiger partial charge >= 0.3 is 0 Å². The molecule has 7 nitrogen and oxygen atoms in total. The standard InChI is InChI=1S/C20H20N4O3S/c1-3-14-7-4-5-10-17(14)22-18(26)12-28-20-24-23-19(27-20)15-8-6-9-16(11-15)21-13(2)25/h4-11H,3,12H2,1-2H3,(H,21,25)(H,22,26). The highest BCUT2D eigenvalue weighted by Crippen LogP contribution is 2.25. The van der Waals surface area contributed by atoms with Crippen molar-refractivity contribution in [3.63, 3.8) is 0 Å². The molecule has 144 valence electrons. The number of hydrogen-bond acceptors (Lipinski definition) is 6. The van der Waals surface area contributed by atoms with Gasteiger partial charge in [-0.05, 0) is 36.2 Å². The van der Waals surface area contributed by atoms with Crippen LogP contribution in [-0.2, 0) is 16.0 Å². The monoisotopic (exact) mass is 396 g/mol. The van der Waals surface area contributed by atoms with Gasteiger partial charge in [0.2, 0.25) is 17.7 Å². The number of hydrogen-bond donors (Lipinski definition) is 2. The molecule has 2 amide bonds. The summed E-state index contributed by atoms with van der Waals surface area (Å²) in [5, 5.41) is 13.9. The summed E-state index contributed by atoms with van der Waals surface area (Å²) in [6, 6.07) is 14.8. The van der Waals surface area contributed by atoms with Crippen molar-refractivity contribution in [1.29, 1.82) is 0 Å². The Morgan fingerprint density at radius 3 is 2.68 bits per heavy atom. The van der Waals surface area contributed by atoms with Crippen LogP contribution in [-0.4, -0.2) is 27.8 Å². The number of amides is 2. The Morgan fingerprint density at radius 1 is 1.07 bits per heavy atom.